The Bertz CT molecular complexity index is 1520. The van der Waals surface area contributed by atoms with E-state index in [1.807, 2.05) is 9.35 Å². The number of aromatic nitrogens is 5. The molecule has 2 saturated heterocycles. The first-order valence-electron chi connectivity index (χ1n) is 15.2. The van der Waals surface area contributed by atoms with E-state index in [0.717, 1.165) is 48.8 Å². The van der Waals surface area contributed by atoms with Crippen LogP contribution in [0.25, 0.3) is 21.8 Å². The number of carbonyl (C=O) groups excluding carboxylic acids is 2. The molecule has 2 amide bonds. The summed E-state index contributed by atoms with van der Waals surface area (Å²) in [6, 6.07) is 8.85. The molecule has 2 aliphatic rings. The van der Waals surface area contributed by atoms with Crippen molar-refractivity contribution < 1.29 is 9.59 Å². The van der Waals surface area contributed by atoms with Gasteiger partial charge in [0, 0.05) is 54.3 Å². The van der Waals surface area contributed by atoms with Crippen LogP contribution in [-0.2, 0) is 9.59 Å². The summed E-state index contributed by atoms with van der Waals surface area (Å²) in [4.78, 5) is 29.7. The highest BCUT2D eigenvalue weighted by Crippen LogP contribution is 2.42. The van der Waals surface area contributed by atoms with Crippen LogP contribution in [0.15, 0.2) is 49.1 Å². The molecule has 10 nitrogen and oxygen atoms in total. The molecule has 1 N–H and O–H groups in total. The number of nitrogens with one attached hydrogen (secondary N) is 1. The fraction of sp³-hybridized carbons (Fsp3) is 0.531. The fourth-order valence-electron chi connectivity index (χ4n) is 6.32. The minimum atomic E-state index is -0.103. The van der Waals surface area contributed by atoms with Gasteiger partial charge in [0.2, 0.25) is 12.3 Å². The van der Waals surface area contributed by atoms with Crippen molar-refractivity contribution >= 4 is 68.2 Å². The number of likely N-dealkylation sites (tertiary alicyclic amines) is 2. The average molecular weight is 733 g/mol. The molecule has 6 rings (SSSR count). The molecule has 238 valence electrons. The zero-order chi connectivity index (χ0) is 32.1. The summed E-state index contributed by atoms with van der Waals surface area (Å²) >= 11 is 2.24. The van der Waals surface area contributed by atoms with Crippen molar-refractivity contribution in [2.75, 3.05) is 25.5 Å². The molecule has 0 aliphatic carbocycles. The minimum Gasteiger partial charge on any atom is -0.345 e. The average Bonchev–Trinajstić information content (AvgIpc) is 3.61. The van der Waals surface area contributed by atoms with E-state index in [9.17, 15) is 9.59 Å². The van der Waals surface area contributed by atoms with Gasteiger partial charge in [0.1, 0.15) is 0 Å². The van der Waals surface area contributed by atoms with Crippen LogP contribution in [0.1, 0.15) is 73.3 Å². The second-order valence-electron chi connectivity index (χ2n) is 13.2. The third-order valence-electron chi connectivity index (χ3n) is 8.79. The van der Waals surface area contributed by atoms with E-state index in [0.29, 0.717) is 24.0 Å². The predicted octanol–water partition coefficient (Wildman–Crippen LogP) is 6.92. The van der Waals surface area contributed by atoms with Gasteiger partial charge in [-0.25, -0.2) is 4.45 Å². The van der Waals surface area contributed by atoms with E-state index < -0.39 is 0 Å². The van der Waals surface area contributed by atoms with E-state index in [1.54, 1.807) is 18.6 Å². The number of halogens is 1. The molecular formula is C32H46IN8O2P. The van der Waals surface area contributed by atoms with Crippen LogP contribution in [0.2, 0.25) is 0 Å². The van der Waals surface area contributed by atoms with Gasteiger partial charge in [-0.05, 0) is 94.5 Å². The first-order valence-corrected chi connectivity index (χ1v) is 19.2. The molecule has 0 radical (unpaired) electrons. The molecule has 44 heavy (non-hydrogen) atoms. The van der Waals surface area contributed by atoms with Crippen LogP contribution in [0.5, 0.6) is 0 Å². The molecule has 0 bridgehead atoms. The third-order valence-corrected chi connectivity index (χ3v) is 10.7. The molecule has 0 saturated carbocycles. The van der Waals surface area contributed by atoms with Gasteiger partial charge >= 0.3 is 0 Å². The van der Waals surface area contributed by atoms with Crippen LogP contribution in [0, 0.1) is 5.92 Å². The number of anilines is 1. The number of fused-ring (bicyclic) bond motifs is 2. The normalized spacial score (nSPS) is 20.2. The first kappa shape index (κ1) is 34.2. The topological polar surface area (TPSA) is 101 Å². The lowest BCUT2D eigenvalue weighted by Gasteiger charge is -2.53. The Morgan fingerprint density at radius 1 is 1.09 bits per heavy atom. The molecule has 2 unspecified atom stereocenters. The lowest BCUT2D eigenvalue weighted by Crippen LogP contribution is -2.58. The Morgan fingerprint density at radius 2 is 1.80 bits per heavy atom. The van der Waals surface area contributed by atoms with Crippen molar-refractivity contribution in [2.24, 2.45) is 5.92 Å². The predicted molar refractivity (Wildman–Crippen MR) is 190 cm³/mol. The van der Waals surface area contributed by atoms with Crippen molar-refractivity contribution in [3.8, 4) is 0 Å². The molecular weight excluding hydrogens is 686 g/mol. The van der Waals surface area contributed by atoms with E-state index >= 15 is 0 Å². The Hall–Kier alpha value is -2.63. The van der Waals surface area contributed by atoms with Gasteiger partial charge in [-0.1, -0.05) is 25.1 Å². The Balaban J connectivity index is 0.000000162. The highest BCUT2D eigenvalue weighted by Gasteiger charge is 2.43. The second-order valence-corrected chi connectivity index (χ2v) is 15.2. The van der Waals surface area contributed by atoms with Crippen molar-refractivity contribution in [3.63, 3.8) is 0 Å². The Kier molecular flexibility index (Phi) is 11.4. The van der Waals surface area contributed by atoms with Crippen LogP contribution >= 0.6 is 28.4 Å². The summed E-state index contributed by atoms with van der Waals surface area (Å²) < 4.78 is 4.05. The molecule has 4 aromatic rings. The van der Waals surface area contributed by atoms with E-state index in [4.69, 9.17) is 5.10 Å². The third kappa shape index (κ3) is 8.34. The number of rotatable bonds is 4. The lowest BCUT2D eigenvalue weighted by atomic mass is 9.77. The summed E-state index contributed by atoms with van der Waals surface area (Å²) in [5.74, 6) is 0.609. The molecule has 1 aromatic carbocycles. The van der Waals surface area contributed by atoms with Gasteiger partial charge in [0.25, 0.3) is 0 Å². The second kappa shape index (κ2) is 14.6. The summed E-state index contributed by atoms with van der Waals surface area (Å²) in [5, 5.41) is 13.9. The van der Waals surface area contributed by atoms with Gasteiger partial charge in [0.05, 0.1) is 41.5 Å². The van der Waals surface area contributed by atoms with E-state index in [1.165, 1.54) is 25.2 Å². The van der Waals surface area contributed by atoms with Crippen LogP contribution in [0.4, 0.5) is 5.69 Å². The number of pyridine rings is 1. The molecule has 3 aromatic heterocycles. The summed E-state index contributed by atoms with van der Waals surface area (Å²) in [6.07, 6.45) is 13.5. The molecule has 2 fully saturated rings. The lowest BCUT2D eigenvalue weighted by molar-refractivity contribution is -0.119. The molecule has 2 aliphatic heterocycles. The first-order chi connectivity index (χ1) is 20.8. The number of hydrogen-bond donors (Lipinski definition) is 1. The van der Waals surface area contributed by atoms with Crippen molar-refractivity contribution in [1.82, 2.24) is 34.1 Å². The zero-order valence-corrected chi connectivity index (χ0v) is 30.1. The molecule has 0 spiro atoms. The van der Waals surface area contributed by atoms with Gasteiger partial charge in [-0.15, -0.1) is 0 Å². The van der Waals surface area contributed by atoms with E-state index in [2.05, 4.69) is 119 Å². The molecule has 2 atom stereocenters. The van der Waals surface area contributed by atoms with Crippen LogP contribution in [-0.4, -0.2) is 77.6 Å². The summed E-state index contributed by atoms with van der Waals surface area (Å²) in [7, 11) is 2.25. The summed E-state index contributed by atoms with van der Waals surface area (Å²) in [5.41, 5.74) is 3.13. The highest BCUT2D eigenvalue weighted by molar-refractivity contribution is 14.2. The van der Waals surface area contributed by atoms with Crippen molar-refractivity contribution in [3.05, 3.63) is 49.1 Å². The standard InChI is InChI=1S/C17H25N3.C8H8IN4OP.C7H13NO/c1-16(2)10-14(11-17(3,4)19(16)5)20-12-13-8-6-7-9-15(13)18-20;1-5(14)12-7-4-10-2-6-3-11-13(15-9)8(6)7;1-7-3-2-4-8(5-7)6-9/h6-9,12,14H,10-11H2,1-5H3;2-4,15H,1H3,(H,12,14);6-7H,2-5H2,1H3. The fourth-order valence-corrected chi connectivity index (χ4v) is 7.85. The number of piperidine rings is 2. The van der Waals surface area contributed by atoms with Gasteiger partial charge in [0.15, 0.2) is 0 Å². The van der Waals surface area contributed by atoms with Gasteiger partial charge in [-0.2, -0.15) is 10.2 Å². The van der Waals surface area contributed by atoms with Crippen molar-refractivity contribution in [1.29, 1.82) is 0 Å². The molecule has 12 heteroatoms. The number of amides is 2. The SMILES string of the molecule is CC(=O)Nc1cncc2cnn(PI)c12.CC1CCCN(C=O)C1.CN1C(C)(C)CC(n2cc3ccccc3n2)CC1(C)C. The Morgan fingerprint density at radius 3 is 2.39 bits per heavy atom. The smallest absolute Gasteiger partial charge is 0.221 e. The summed E-state index contributed by atoms with van der Waals surface area (Å²) in [6.45, 7) is 14.9. The number of carbonyl (C=O) groups is 2. The van der Waals surface area contributed by atoms with Gasteiger partial charge in [-0.3, -0.25) is 24.2 Å². The van der Waals surface area contributed by atoms with E-state index in [-0.39, 0.29) is 17.0 Å². The monoisotopic (exact) mass is 732 g/mol. The zero-order valence-electron chi connectivity index (χ0n) is 26.9. The quantitative estimate of drug-likeness (QED) is 0.139. The number of hydrogen-bond acceptors (Lipinski definition) is 6. The maximum atomic E-state index is 11.0. The minimum absolute atomic E-state index is 0.103. The molecule has 5 heterocycles. The largest absolute Gasteiger partial charge is 0.345 e. The Labute approximate surface area is 275 Å². The maximum absolute atomic E-state index is 11.0. The van der Waals surface area contributed by atoms with Crippen molar-refractivity contribution in [2.45, 2.75) is 84.3 Å². The van der Waals surface area contributed by atoms with Crippen LogP contribution < -0.4 is 5.32 Å². The number of benzene rings is 1. The number of nitrogens with zero attached hydrogens (tertiary/aromatic N) is 7. The van der Waals surface area contributed by atoms with Gasteiger partial charge < -0.3 is 10.2 Å². The maximum Gasteiger partial charge on any atom is 0.221 e. The van der Waals surface area contributed by atoms with Crippen LogP contribution in [0.3, 0.4) is 0 Å². The highest BCUT2D eigenvalue weighted by atomic mass is 127.